The van der Waals surface area contributed by atoms with Crippen molar-refractivity contribution < 1.29 is 13.9 Å². The van der Waals surface area contributed by atoms with Crippen molar-refractivity contribution in [3.63, 3.8) is 0 Å². The highest BCUT2D eigenvalue weighted by atomic mass is 35.5. The lowest BCUT2D eigenvalue weighted by molar-refractivity contribution is 0.0988. The summed E-state index contributed by atoms with van der Waals surface area (Å²) in [6, 6.07) is 6.44. The number of benzene rings is 1. The van der Waals surface area contributed by atoms with Gasteiger partial charge in [-0.25, -0.2) is 14.4 Å². The Bertz CT molecular complexity index is 1000. The van der Waals surface area contributed by atoms with Crippen molar-refractivity contribution in [1.29, 1.82) is 0 Å². The zero-order chi connectivity index (χ0) is 20.1. The molecule has 2 heterocycles. The largest absolute Gasteiger partial charge is 0.462 e. The van der Waals surface area contributed by atoms with Gasteiger partial charge in [-0.15, -0.1) is 0 Å². The minimum atomic E-state index is -1.20. The predicted octanol–water partition coefficient (Wildman–Crippen LogP) is 4.37. The van der Waals surface area contributed by atoms with Crippen LogP contribution in [0.5, 0.6) is 0 Å². The summed E-state index contributed by atoms with van der Waals surface area (Å²) in [6.07, 6.45) is 1.87. The topological polar surface area (TPSA) is 77.6 Å². The molecule has 0 spiro atoms. The number of hydrogen-bond acceptors (Lipinski definition) is 5. The van der Waals surface area contributed by atoms with Gasteiger partial charge in [0.2, 0.25) is 0 Å². The van der Waals surface area contributed by atoms with Crippen molar-refractivity contribution in [2.45, 2.75) is 24.5 Å². The summed E-state index contributed by atoms with van der Waals surface area (Å²) in [5.41, 5.74) is 5.81. The molecule has 1 fully saturated rings. The van der Waals surface area contributed by atoms with Crippen LogP contribution in [0.4, 0.5) is 4.39 Å². The average molecular weight is 443 g/mol. The fraction of sp³-hybridized carbons (Fsp3) is 0.316. The van der Waals surface area contributed by atoms with Crippen molar-refractivity contribution in [2.24, 2.45) is 16.6 Å². The van der Waals surface area contributed by atoms with Gasteiger partial charge in [0, 0.05) is 29.1 Å². The number of halogens is 4. The number of carbonyl (C=O) groups is 1. The van der Waals surface area contributed by atoms with E-state index >= 15 is 0 Å². The summed E-state index contributed by atoms with van der Waals surface area (Å²) in [5, 5.41) is 0.879. The molecule has 4 rings (SSSR count). The van der Waals surface area contributed by atoms with Gasteiger partial charge in [0.25, 0.3) is 6.02 Å². The Morgan fingerprint density at radius 3 is 2.79 bits per heavy atom. The molecule has 0 radical (unpaired) electrons. The van der Waals surface area contributed by atoms with Crippen LogP contribution in [0, 0.1) is 5.92 Å². The number of carbonyl (C=O) groups excluding carboxylic acids is 1. The maximum Gasteiger partial charge on any atom is 0.283 e. The second kappa shape index (κ2) is 7.17. The van der Waals surface area contributed by atoms with Crippen LogP contribution >= 0.6 is 34.8 Å². The van der Waals surface area contributed by atoms with Crippen LogP contribution in [0.25, 0.3) is 0 Å². The summed E-state index contributed by atoms with van der Waals surface area (Å²) in [6.45, 7) is -0.764. The normalized spacial score (nSPS) is 25.5. The van der Waals surface area contributed by atoms with Gasteiger partial charge in [-0.2, -0.15) is 0 Å². The number of ether oxygens (including phenoxy) is 1. The van der Waals surface area contributed by atoms with Gasteiger partial charge in [-0.3, -0.25) is 4.79 Å². The molecule has 2 N–H and O–H groups in total. The van der Waals surface area contributed by atoms with Gasteiger partial charge in [-0.1, -0.05) is 46.9 Å². The molecule has 2 aromatic rings. The maximum atomic E-state index is 14.2. The van der Waals surface area contributed by atoms with Crippen LogP contribution in [-0.2, 0) is 16.7 Å². The third kappa shape index (κ3) is 3.34. The van der Waals surface area contributed by atoms with Crippen molar-refractivity contribution >= 4 is 46.6 Å². The molecule has 2 aliphatic rings. The van der Waals surface area contributed by atoms with Gasteiger partial charge >= 0.3 is 0 Å². The fourth-order valence-corrected chi connectivity index (χ4v) is 4.40. The first-order valence-electron chi connectivity index (χ1n) is 8.55. The predicted molar refractivity (Wildman–Crippen MR) is 106 cm³/mol. The van der Waals surface area contributed by atoms with E-state index in [1.165, 1.54) is 12.3 Å². The number of hydrogen-bond donors (Lipinski definition) is 1. The first-order valence-corrected chi connectivity index (χ1v) is 9.68. The third-order valence-electron chi connectivity index (χ3n) is 5.06. The van der Waals surface area contributed by atoms with E-state index in [0.29, 0.717) is 27.6 Å². The van der Waals surface area contributed by atoms with Crippen molar-refractivity contribution in [1.82, 2.24) is 4.98 Å². The average Bonchev–Trinajstić information content (AvgIpc) is 3.42. The zero-order valence-corrected chi connectivity index (χ0v) is 16.7. The maximum absolute atomic E-state index is 14.2. The Kier molecular flexibility index (Phi) is 4.98. The van der Waals surface area contributed by atoms with Crippen LogP contribution in [0.1, 0.15) is 28.0 Å². The molecule has 0 amide bonds. The van der Waals surface area contributed by atoms with E-state index in [1.807, 2.05) is 0 Å². The van der Waals surface area contributed by atoms with Gasteiger partial charge < -0.3 is 10.5 Å². The number of pyridine rings is 1. The Balaban J connectivity index is 1.68. The number of Topliss-reactive ketones (excluding diaryl/α,β-unsaturated/α-hetero) is 1. The summed E-state index contributed by atoms with van der Waals surface area (Å²) in [7, 11) is 0. The monoisotopic (exact) mass is 441 g/mol. The lowest BCUT2D eigenvalue weighted by atomic mass is 9.84. The summed E-state index contributed by atoms with van der Waals surface area (Å²) < 4.78 is 19.6. The number of rotatable bonds is 5. The smallest absolute Gasteiger partial charge is 0.283 e. The number of fused-ring (bicyclic) bond motifs is 1. The summed E-state index contributed by atoms with van der Waals surface area (Å²) in [4.78, 5) is 20.9. The Hall–Kier alpha value is -1.89. The number of nitrogens with zero attached hydrogens (tertiary/aromatic N) is 2. The number of amidine groups is 1. The number of alkyl halides is 1. The van der Waals surface area contributed by atoms with Crippen molar-refractivity contribution in [2.75, 3.05) is 6.67 Å². The molecule has 1 aliphatic carbocycles. The fourth-order valence-electron chi connectivity index (χ4n) is 3.63. The highest BCUT2D eigenvalue weighted by molar-refractivity contribution is 6.36. The van der Waals surface area contributed by atoms with Crippen LogP contribution in [0.3, 0.4) is 0 Å². The van der Waals surface area contributed by atoms with Crippen LogP contribution < -0.4 is 5.73 Å². The van der Waals surface area contributed by atoms with Gasteiger partial charge in [0.15, 0.2) is 5.78 Å². The molecule has 28 heavy (non-hydrogen) atoms. The lowest BCUT2D eigenvalue weighted by Crippen LogP contribution is -2.39. The second-order valence-electron chi connectivity index (χ2n) is 6.90. The molecule has 0 unspecified atom stereocenters. The number of aromatic nitrogens is 1. The number of aliphatic imine (C=N–C) groups is 1. The van der Waals surface area contributed by atoms with E-state index in [9.17, 15) is 9.18 Å². The van der Waals surface area contributed by atoms with E-state index in [2.05, 4.69) is 9.98 Å². The number of nitrogens with two attached hydrogens (primary N) is 1. The van der Waals surface area contributed by atoms with E-state index in [0.717, 1.165) is 0 Å². The first kappa shape index (κ1) is 19.4. The molecule has 3 atom stereocenters. The summed E-state index contributed by atoms with van der Waals surface area (Å²) >= 11 is 18.3. The van der Waals surface area contributed by atoms with E-state index in [1.54, 1.807) is 18.2 Å². The van der Waals surface area contributed by atoms with Crippen LogP contribution in [0.2, 0.25) is 15.1 Å². The molecule has 0 saturated heterocycles. The quantitative estimate of drug-likeness (QED) is 0.698. The Labute approximate surface area is 175 Å². The molecule has 146 valence electrons. The third-order valence-corrected chi connectivity index (χ3v) is 5.89. The van der Waals surface area contributed by atoms with Gasteiger partial charge in [0.1, 0.15) is 24.0 Å². The molecule has 5 nitrogen and oxygen atoms in total. The zero-order valence-electron chi connectivity index (χ0n) is 14.5. The van der Waals surface area contributed by atoms with Crippen molar-refractivity contribution in [3.8, 4) is 0 Å². The van der Waals surface area contributed by atoms with Gasteiger partial charge in [-0.05, 0) is 24.1 Å². The molecule has 1 aromatic carbocycles. The minimum Gasteiger partial charge on any atom is -0.462 e. The highest BCUT2D eigenvalue weighted by Gasteiger charge is 2.59. The molecule has 9 heteroatoms. The standard InChI is InChI=1S/C19H15Cl3FN3O2/c20-10-5-14(22)17(25-7-10)15(27)4-9-1-2-13(21)11(3-9)19(8-23)12-6-16(12)28-18(24)26-19/h1-3,5,7,12,16H,4,6,8H2,(H2,24,26)/t12-,16+,19+/m0/s1. The molecule has 0 bridgehead atoms. The minimum absolute atomic E-state index is 0.0185. The summed E-state index contributed by atoms with van der Waals surface area (Å²) in [5.74, 6) is -0.427. The molecule has 1 saturated carbocycles. The lowest BCUT2D eigenvalue weighted by Gasteiger charge is -2.32. The SMILES string of the molecule is NC1=N[C@](CF)(c2cc(CC(=O)c3ncc(Cl)cc3Cl)ccc2Cl)[C@H]2C[C@H]2O1. The first-order chi connectivity index (χ1) is 13.3. The van der Waals surface area contributed by atoms with E-state index < -0.39 is 12.2 Å². The van der Waals surface area contributed by atoms with Gasteiger partial charge in [0.05, 0.1) is 10.0 Å². The van der Waals surface area contributed by atoms with Crippen LogP contribution in [0.15, 0.2) is 35.5 Å². The molecular formula is C19H15Cl3FN3O2. The van der Waals surface area contributed by atoms with Crippen molar-refractivity contribution in [3.05, 3.63) is 62.4 Å². The molecule has 1 aromatic heterocycles. The van der Waals surface area contributed by atoms with E-state index in [4.69, 9.17) is 45.3 Å². The molecule has 1 aliphatic heterocycles. The van der Waals surface area contributed by atoms with E-state index in [-0.39, 0.29) is 41.0 Å². The highest BCUT2D eigenvalue weighted by Crippen LogP contribution is 2.54. The Morgan fingerprint density at radius 1 is 1.29 bits per heavy atom. The Morgan fingerprint density at radius 2 is 2.07 bits per heavy atom. The second-order valence-corrected chi connectivity index (χ2v) is 8.16. The van der Waals surface area contributed by atoms with Crippen LogP contribution in [-0.4, -0.2) is 29.6 Å². The molecular weight excluding hydrogens is 428 g/mol. The number of ketones is 1.